The Hall–Kier alpha value is -3.22. The van der Waals surface area contributed by atoms with Crippen LogP contribution in [0.15, 0.2) is 42.5 Å². The van der Waals surface area contributed by atoms with Gasteiger partial charge in [0.25, 0.3) is 0 Å². The highest BCUT2D eigenvalue weighted by Crippen LogP contribution is 2.39. The van der Waals surface area contributed by atoms with Crippen LogP contribution in [-0.2, 0) is 12.8 Å². The number of rotatable bonds is 7. The van der Waals surface area contributed by atoms with Crippen LogP contribution in [0.5, 0.6) is 5.75 Å². The average Bonchev–Trinajstić information content (AvgIpc) is 2.88. The van der Waals surface area contributed by atoms with Gasteiger partial charge in [-0.05, 0) is 85.8 Å². The highest BCUT2D eigenvalue weighted by molar-refractivity contribution is 5.67. The molecule has 0 amide bonds. The van der Waals surface area contributed by atoms with Crippen molar-refractivity contribution in [2.24, 2.45) is 0 Å². The van der Waals surface area contributed by atoms with E-state index in [1.54, 1.807) is 13.0 Å². The third kappa shape index (κ3) is 5.01. The van der Waals surface area contributed by atoms with Crippen molar-refractivity contribution >= 4 is 5.57 Å². The Bertz CT molecular complexity index is 1310. The van der Waals surface area contributed by atoms with Crippen molar-refractivity contribution in [3.8, 4) is 5.75 Å². The average molecular weight is 505 g/mol. The fourth-order valence-electron chi connectivity index (χ4n) is 4.67. The fourth-order valence-corrected chi connectivity index (χ4v) is 4.67. The number of allylic oxidation sites excluding steroid dienone is 2. The van der Waals surface area contributed by atoms with Gasteiger partial charge in [0.1, 0.15) is 0 Å². The molecule has 7 heteroatoms. The summed E-state index contributed by atoms with van der Waals surface area (Å²) in [5, 5.41) is 0. The maximum absolute atomic E-state index is 15.0. The van der Waals surface area contributed by atoms with Crippen molar-refractivity contribution in [1.82, 2.24) is 0 Å². The molecule has 0 bridgehead atoms. The molecule has 0 fully saturated rings. The van der Waals surface area contributed by atoms with E-state index < -0.39 is 34.9 Å². The van der Waals surface area contributed by atoms with Crippen LogP contribution in [0.25, 0.3) is 5.57 Å². The number of benzene rings is 3. The molecule has 36 heavy (non-hydrogen) atoms. The van der Waals surface area contributed by atoms with E-state index in [9.17, 15) is 26.3 Å². The Labute approximate surface area is 206 Å². The summed E-state index contributed by atoms with van der Waals surface area (Å²) >= 11 is 0. The van der Waals surface area contributed by atoms with Gasteiger partial charge in [-0.2, -0.15) is 4.39 Å². The summed E-state index contributed by atoms with van der Waals surface area (Å²) in [5.41, 5.74) is 1.37. The smallest absolute Gasteiger partial charge is 0.200 e. The van der Waals surface area contributed by atoms with Gasteiger partial charge in [0.05, 0.1) is 6.61 Å². The van der Waals surface area contributed by atoms with Crippen molar-refractivity contribution in [1.29, 1.82) is 0 Å². The van der Waals surface area contributed by atoms with E-state index in [4.69, 9.17) is 4.74 Å². The Kier molecular flexibility index (Phi) is 7.76. The molecule has 1 aliphatic carbocycles. The second kappa shape index (κ2) is 10.8. The third-order valence-corrected chi connectivity index (χ3v) is 6.75. The molecule has 3 aromatic carbocycles. The lowest BCUT2D eigenvalue weighted by Crippen LogP contribution is -2.10. The molecule has 1 unspecified atom stereocenters. The van der Waals surface area contributed by atoms with Gasteiger partial charge in [-0.1, -0.05) is 36.4 Å². The van der Waals surface area contributed by atoms with Crippen LogP contribution in [0, 0.1) is 41.8 Å². The van der Waals surface area contributed by atoms with E-state index in [2.05, 4.69) is 0 Å². The topological polar surface area (TPSA) is 9.23 Å². The number of hydrogen-bond donors (Lipinski definition) is 0. The molecule has 0 spiro atoms. The highest BCUT2D eigenvalue weighted by atomic mass is 19.2. The fraction of sp³-hybridized carbons (Fsp3) is 0.310. The minimum Gasteiger partial charge on any atom is -0.491 e. The van der Waals surface area contributed by atoms with Gasteiger partial charge < -0.3 is 4.74 Å². The van der Waals surface area contributed by atoms with Gasteiger partial charge in [-0.25, -0.2) is 22.0 Å². The molecular weight excluding hydrogens is 478 g/mol. The first-order chi connectivity index (χ1) is 17.2. The van der Waals surface area contributed by atoms with Crippen LogP contribution in [0.2, 0.25) is 0 Å². The van der Waals surface area contributed by atoms with E-state index in [1.807, 2.05) is 0 Å². The summed E-state index contributed by atoms with van der Waals surface area (Å²) in [6, 6.07) is 8.72. The first-order valence-corrected chi connectivity index (χ1v) is 11.9. The summed E-state index contributed by atoms with van der Waals surface area (Å²) in [6.07, 6.45) is 2.93. The van der Waals surface area contributed by atoms with Gasteiger partial charge in [-0.3, -0.25) is 0 Å². The molecule has 0 saturated heterocycles. The van der Waals surface area contributed by atoms with E-state index in [1.165, 1.54) is 43.3 Å². The van der Waals surface area contributed by atoms with E-state index in [-0.39, 0.29) is 58.9 Å². The van der Waals surface area contributed by atoms with Crippen molar-refractivity contribution in [2.45, 2.75) is 51.9 Å². The SMILES string of the molecule is CCOc1ccc(CCc2ccc(C3CC=C(c4ccc(C)c(F)c4F)CC3)c(F)c2F)c(F)c1F. The molecule has 3 aromatic rings. The van der Waals surface area contributed by atoms with E-state index in [0.717, 1.165) is 0 Å². The van der Waals surface area contributed by atoms with Gasteiger partial charge in [0.2, 0.25) is 5.82 Å². The second-order valence-corrected chi connectivity index (χ2v) is 8.98. The molecule has 1 atom stereocenters. The molecule has 0 saturated carbocycles. The summed E-state index contributed by atoms with van der Waals surface area (Å²) < 4.78 is 91.6. The molecule has 1 aliphatic rings. The lowest BCUT2D eigenvalue weighted by atomic mass is 9.81. The molecule has 1 nitrogen and oxygen atoms in total. The largest absolute Gasteiger partial charge is 0.491 e. The Morgan fingerprint density at radius 2 is 1.42 bits per heavy atom. The number of ether oxygens (including phenoxy) is 1. The molecule has 0 radical (unpaired) electrons. The van der Waals surface area contributed by atoms with Crippen LogP contribution in [0.4, 0.5) is 26.3 Å². The molecule has 0 N–H and O–H groups in total. The predicted molar refractivity (Wildman–Crippen MR) is 127 cm³/mol. The van der Waals surface area contributed by atoms with E-state index in [0.29, 0.717) is 24.8 Å². The maximum Gasteiger partial charge on any atom is 0.200 e. The van der Waals surface area contributed by atoms with Crippen LogP contribution >= 0.6 is 0 Å². The standard InChI is InChI=1S/C29H26F6O/c1-3-36-23-15-12-20(26(32)29(23)35)10-9-19-11-14-22(28(34)25(19)31)18-7-5-17(6-8-18)21-13-4-16(2)24(30)27(21)33/h4-5,11-15,18H,3,6-10H2,1-2H3. The lowest BCUT2D eigenvalue weighted by molar-refractivity contribution is 0.313. The molecule has 4 rings (SSSR count). The Balaban J connectivity index is 1.48. The summed E-state index contributed by atoms with van der Waals surface area (Å²) in [4.78, 5) is 0. The van der Waals surface area contributed by atoms with Gasteiger partial charge in [0.15, 0.2) is 34.8 Å². The lowest BCUT2D eigenvalue weighted by Gasteiger charge is -2.24. The normalized spacial score (nSPS) is 15.7. The third-order valence-electron chi connectivity index (χ3n) is 6.75. The second-order valence-electron chi connectivity index (χ2n) is 8.98. The first kappa shape index (κ1) is 25.9. The van der Waals surface area contributed by atoms with Crippen LogP contribution in [0.1, 0.15) is 59.9 Å². The van der Waals surface area contributed by atoms with Gasteiger partial charge in [0, 0.05) is 5.56 Å². The monoisotopic (exact) mass is 504 g/mol. The zero-order valence-corrected chi connectivity index (χ0v) is 20.0. The predicted octanol–water partition coefficient (Wildman–Crippen LogP) is 8.36. The molecule has 0 aliphatic heterocycles. The van der Waals surface area contributed by atoms with Crippen molar-refractivity contribution in [2.75, 3.05) is 6.61 Å². The number of hydrogen-bond acceptors (Lipinski definition) is 1. The minimum absolute atomic E-state index is 0.0135. The van der Waals surface area contributed by atoms with Crippen molar-refractivity contribution in [3.05, 3.63) is 105 Å². The zero-order chi connectivity index (χ0) is 26.0. The number of halogens is 6. The minimum atomic E-state index is -1.10. The maximum atomic E-state index is 15.0. The molecular formula is C29H26F6O. The summed E-state index contributed by atoms with van der Waals surface area (Å²) in [5.74, 6) is -6.44. The Morgan fingerprint density at radius 1 is 0.750 bits per heavy atom. The quantitative estimate of drug-likeness (QED) is 0.294. The molecule has 0 heterocycles. The van der Waals surface area contributed by atoms with Crippen LogP contribution in [-0.4, -0.2) is 6.61 Å². The first-order valence-electron chi connectivity index (χ1n) is 11.9. The molecule has 0 aromatic heterocycles. The number of aryl methyl sites for hydroxylation is 3. The van der Waals surface area contributed by atoms with Crippen molar-refractivity contribution in [3.63, 3.8) is 0 Å². The molecule has 190 valence electrons. The summed E-state index contributed by atoms with van der Waals surface area (Å²) in [6.45, 7) is 3.33. The van der Waals surface area contributed by atoms with Crippen molar-refractivity contribution < 1.29 is 31.1 Å². The van der Waals surface area contributed by atoms with Crippen LogP contribution in [0.3, 0.4) is 0 Å². The highest BCUT2D eigenvalue weighted by Gasteiger charge is 2.25. The van der Waals surface area contributed by atoms with Gasteiger partial charge >= 0.3 is 0 Å². The Morgan fingerprint density at radius 3 is 2.06 bits per heavy atom. The zero-order valence-electron chi connectivity index (χ0n) is 20.0. The van der Waals surface area contributed by atoms with E-state index >= 15 is 0 Å². The summed E-state index contributed by atoms with van der Waals surface area (Å²) in [7, 11) is 0. The van der Waals surface area contributed by atoms with Crippen LogP contribution < -0.4 is 4.74 Å². The van der Waals surface area contributed by atoms with Gasteiger partial charge in [-0.15, -0.1) is 0 Å².